The summed E-state index contributed by atoms with van der Waals surface area (Å²) in [6, 6.07) is 19.5. The average Bonchev–Trinajstić information content (AvgIpc) is 3.21. The Kier molecular flexibility index (Phi) is 5.81. The maximum Gasteiger partial charge on any atom is 0.277 e. The molecule has 1 aliphatic heterocycles. The lowest BCUT2D eigenvalue weighted by molar-refractivity contribution is 0.0984. The van der Waals surface area contributed by atoms with Crippen LogP contribution in [-0.4, -0.2) is 42.7 Å². The average molecular weight is 388 g/mol. The van der Waals surface area contributed by atoms with Crippen LogP contribution in [0.25, 0.3) is 11.4 Å². The van der Waals surface area contributed by atoms with Crippen molar-refractivity contribution in [1.82, 2.24) is 9.97 Å². The summed E-state index contributed by atoms with van der Waals surface area (Å²) < 4.78 is 5.10. The second-order valence-electron chi connectivity index (χ2n) is 6.94. The summed E-state index contributed by atoms with van der Waals surface area (Å²) in [5.41, 5.74) is 3.43. The minimum absolute atomic E-state index is 0.102. The molecule has 0 aliphatic carbocycles. The number of para-hydroxylation sites is 1. The number of aromatic nitrogens is 2. The summed E-state index contributed by atoms with van der Waals surface area (Å²) in [6.07, 6.45) is 1.71. The minimum atomic E-state index is -0.102. The molecule has 29 heavy (non-hydrogen) atoms. The molecule has 1 aromatic heterocycles. The van der Waals surface area contributed by atoms with Crippen LogP contribution in [0.4, 0.5) is 11.5 Å². The van der Waals surface area contributed by atoms with Crippen molar-refractivity contribution >= 4 is 17.4 Å². The SMILES string of the molecule is COCCCNc1cc(C(=O)N2CCc3ccccc32)nc(-c2ccccc2)n1. The third kappa shape index (κ3) is 4.27. The predicted octanol–water partition coefficient (Wildman–Crippen LogP) is 3.79. The molecule has 6 heteroatoms. The summed E-state index contributed by atoms with van der Waals surface area (Å²) in [7, 11) is 1.68. The van der Waals surface area contributed by atoms with Crippen molar-refractivity contribution in [3.8, 4) is 11.4 Å². The van der Waals surface area contributed by atoms with Crippen molar-refractivity contribution in [2.75, 3.05) is 37.0 Å². The number of carbonyl (C=O) groups is 1. The normalized spacial score (nSPS) is 12.7. The first-order chi connectivity index (χ1) is 14.3. The molecule has 2 aromatic carbocycles. The third-order valence-electron chi connectivity index (χ3n) is 4.94. The van der Waals surface area contributed by atoms with Crippen LogP contribution in [0.1, 0.15) is 22.5 Å². The van der Waals surface area contributed by atoms with E-state index in [2.05, 4.69) is 21.4 Å². The smallest absolute Gasteiger partial charge is 0.277 e. The molecule has 0 fully saturated rings. The first kappa shape index (κ1) is 19.1. The van der Waals surface area contributed by atoms with Crippen LogP contribution >= 0.6 is 0 Å². The fourth-order valence-corrected chi connectivity index (χ4v) is 3.48. The molecule has 3 aromatic rings. The summed E-state index contributed by atoms with van der Waals surface area (Å²) >= 11 is 0. The summed E-state index contributed by atoms with van der Waals surface area (Å²) in [6.45, 7) is 2.04. The Labute approximate surface area is 170 Å². The summed E-state index contributed by atoms with van der Waals surface area (Å²) in [5, 5.41) is 3.29. The molecule has 6 nitrogen and oxygen atoms in total. The first-order valence-corrected chi connectivity index (χ1v) is 9.83. The molecule has 0 bridgehead atoms. The van der Waals surface area contributed by atoms with Crippen LogP contribution in [0.5, 0.6) is 0 Å². The van der Waals surface area contributed by atoms with Gasteiger partial charge in [0.05, 0.1) is 0 Å². The molecule has 1 N–H and O–H groups in total. The van der Waals surface area contributed by atoms with Gasteiger partial charge in [0.25, 0.3) is 5.91 Å². The van der Waals surface area contributed by atoms with Crippen molar-refractivity contribution < 1.29 is 9.53 Å². The van der Waals surface area contributed by atoms with Crippen LogP contribution in [0.2, 0.25) is 0 Å². The van der Waals surface area contributed by atoms with Gasteiger partial charge in [0.2, 0.25) is 0 Å². The topological polar surface area (TPSA) is 67.3 Å². The van der Waals surface area contributed by atoms with E-state index in [4.69, 9.17) is 4.74 Å². The zero-order chi connectivity index (χ0) is 20.1. The van der Waals surface area contributed by atoms with Gasteiger partial charge in [-0.25, -0.2) is 9.97 Å². The van der Waals surface area contributed by atoms with Gasteiger partial charge < -0.3 is 15.0 Å². The van der Waals surface area contributed by atoms with Crippen molar-refractivity contribution in [1.29, 1.82) is 0 Å². The van der Waals surface area contributed by atoms with E-state index >= 15 is 0 Å². The number of rotatable bonds is 7. The number of carbonyl (C=O) groups excluding carboxylic acids is 1. The van der Waals surface area contributed by atoms with E-state index in [1.807, 2.05) is 48.5 Å². The molecule has 0 spiro atoms. The van der Waals surface area contributed by atoms with Crippen molar-refractivity contribution in [3.05, 3.63) is 71.9 Å². The van der Waals surface area contributed by atoms with Gasteiger partial charge in [0.15, 0.2) is 5.82 Å². The van der Waals surface area contributed by atoms with Crippen LogP contribution in [0.3, 0.4) is 0 Å². The standard InChI is InChI=1S/C23H24N4O2/c1-29-15-7-13-24-21-16-19(25-22(26-21)18-9-3-2-4-10-18)23(28)27-14-12-17-8-5-6-11-20(17)27/h2-6,8-11,16H,7,12-15H2,1H3,(H,24,25,26). The van der Waals surface area contributed by atoms with Crippen LogP contribution in [0, 0.1) is 0 Å². The first-order valence-electron chi connectivity index (χ1n) is 9.83. The lowest BCUT2D eigenvalue weighted by Gasteiger charge is -2.18. The zero-order valence-electron chi connectivity index (χ0n) is 16.5. The largest absolute Gasteiger partial charge is 0.385 e. The molecule has 2 heterocycles. The number of hydrogen-bond donors (Lipinski definition) is 1. The van der Waals surface area contributed by atoms with Gasteiger partial charge in [0, 0.05) is 44.1 Å². The number of benzene rings is 2. The van der Waals surface area contributed by atoms with Gasteiger partial charge in [-0.05, 0) is 24.5 Å². The van der Waals surface area contributed by atoms with E-state index < -0.39 is 0 Å². The zero-order valence-corrected chi connectivity index (χ0v) is 16.5. The van der Waals surface area contributed by atoms with Gasteiger partial charge >= 0.3 is 0 Å². The monoisotopic (exact) mass is 388 g/mol. The predicted molar refractivity (Wildman–Crippen MR) is 114 cm³/mol. The Balaban J connectivity index is 1.65. The lowest BCUT2D eigenvalue weighted by Crippen LogP contribution is -2.30. The number of nitrogens with zero attached hydrogens (tertiary/aromatic N) is 3. The van der Waals surface area contributed by atoms with E-state index in [-0.39, 0.29) is 5.91 Å². The molecule has 0 saturated carbocycles. The molecule has 0 radical (unpaired) electrons. The van der Waals surface area contributed by atoms with Gasteiger partial charge in [-0.3, -0.25) is 4.79 Å². The number of amides is 1. The van der Waals surface area contributed by atoms with Gasteiger partial charge in [-0.1, -0.05) is 48.5 Å². The molecule has 0 unspecified atom stereocenters. The molecule has 1 aliphatic rings. The Bertz CT molecular complexity index is 991. The van der Waals surface area contributed by atoms with E-state index in [1.165, 1.54) is 5.56 Å². The molecule has 4 rings (SSSR count). The van der Waals surface area contributed by atoms with Gasteiger partial charge in [-0.2, -0.15) is 0 Å². The summed E-state index contributed by atoms with van der Waals surface area (Å²) in [4.78, 5) is 24.3. The minimum Gasteiger partial charge on any atom is -0.385 e. The highest BCUT2D eigenvalue weighted by Gasteiger charge is 2.26. The Morgan fingerprint density at radius 2 is 1.90 bits per heavy atom. The third-order valence-corrected chi connectivity index (χ3v) is 4.94. The molecule has 148 valence electrons. The second kappa shape index (κ2) is 8.84. The van der Waals surface area contributed by atoms with E-state index in [0.29, 0.717) is 37.0 Å². The van der Waals surface area contributed by atoms with Crippen molar-refractivity contribution in [2.24, 2.45) is 0 Å². The number of methoxy groups -OCH3 is 1. The Morgan fingerprint density at radius 3 is 2.72 bits per heavy atom. The van der Waals surface area contributed by atoms with Crippen LogP contribution < -0.4 is 10.2 Å². The number of nitrogens with one attached hydrogen (secondary N) is 1. The van der Waals surface area contributed by atoms with E-state index in [9.17, 15) is 4.79 Å². The van der Waals surface area contributed by atoms with Gasteiger partial charge in [0.1, 0.15) is 11.5 Å². The second-order valence-corrected chi connectivity index (χ2v) is 6.94. The van der Waals surface area contributed by atoms with Crippen molar-refractivity contribution in [3.63, 3.8) is 0 Å². The highest BCUT2D eigenvalue weighted by molar-refractivity contribution is 6.06. The Morgan fingerprint density at radius 1 is 1.10 bits per heavy atom. The number of fused-ring (bicyclic) bond motifs is 1. The number of anilines is 2. The fraction of sp³-hybridized carbons (Fsp3) is 0.261. The molecule has 1 amide bonds. The molecule has 0 atom stereocenters. The maximum atomic E-state index is 13.3. The Hall–Kier alpha value is -3.25. The van der Waals surface area contributed by atoms with Crippen LogP contribution in [-0.2, 0) is 11.2 Å². The molecular formula is C23H24N4O2. The van der Waals surface area contributed by atoms with Crippen LogP contribution in [0.15, 0.2) is 60.7 Å². The van der Waals surface area contributed by atoms with E-state index in [0.717, 1.165) is 24.1 Å². The van der Waals surface area contributed by atoms with E-state index in [1.54, 1.807) is 18.1 Å². The quantitative estimate of drug-likeness (QED) is 0.624. The number of hydrogen-bond acceptors (Lipinski definition) is 5. The van der Waals surface area contributed by atoms with Gasteiger partial charge in [-0.15, -0.1) is 0 Å². The maximum absolute atomic E-state index is 13.3. The molecule has 0 saturated heterocycles. The number of ether oxygens (including phenoxy) is 1. The molecular weight excluding hydrogens is 364 g/mol. The summed E-state index contributed by atoms with van der Waals surface area (Å²) in [5.74, 6) is 1.08. The highest BCUT2D eigenvalue weighted by atomic mass is 16.5. The van der Waals surface area contributed by atoms with Crippen molar-refractivity contribution in [2.45, 2.75) is 12.8 Å². The fourth-order valence-electron chi connectivity index (χ4n) is 3.48. The highest BCUT2D eigenvalue weighted by Crippen LogP contribution is 2.29. The lowest BCUT2D eigenvalue weighted by atomic mass is 10.2.